The van der Waals surface area contributed by atoms with Gasteiger partial charge in [0.15, 0.2) is 16.8 Å². The van der Waals surface area contributed by atoms with Crippen molar-refractivity contribution < 1.29 is 13.6 Å². The normalized spacial score (nSPS) is 10.4. The maximum atomic E-state index is 12.9. The van der Waals surface area contributed by atoms with Gasteiger partial charge in [-0.15, -0.1) is 11.8 Å². The summed E-state index contributed by atoms with van der Waals surface area (Å²) in [7, 11) is 0. The highest BCUT2D eigenvalue weighted by molar-refractivity contribution is 8.01. The van der Waals surface area contributed by atoms with Crippen LogP contribution in [0.5, 0.6) is 0 Å². The van der Waals surface area contributed by atoms with Crippen LogP contribution in [0.3, 0.4) is 0 Å². The number of thiazole rings is 1. The lowest BCUT2D eigenvalue weighted by Gasteiger charge is -2.04. The van der Waals surface area contributed by atoms with Crippen LogP contribution in [0, 0.1) is 11.6 Å². The van der Waals surface area contributed by atoms with Crippen LogP contribution in [-0.4, -0.2) is 16.6 Å². The highest BCUT2D eigenvalue weighted by atomic mass is 32.2. The molecule has 100 valence electrons. The quantitative estimate of drug-likeness (QED) is 0.852. The number of hydrogen-bond acceptors (Lipinski definition) is 5. The zero-order valence-corrected chi connectivity index (χ0v) is 11.2. The van der Waals surface area contributed by atoms with E-state index in [1.165, 1.54) is 29.2 Å². The topological polar surface area (TPSA) is 68.0 Å². The second-order valence-corrected chi connectivity index (χ2v) is 5.82. The van der Waals surface area contributed by atoms with E-state index >= 15 is 0 Å². The van der Waals surface area contributed by atoms with Gasteiger partial charge in [-0.05, 0) is 12.1 Å². The van der Waals surface area contributed by atoms with Crippen LogP contribution < -0.4 is 11.1 Å². The van der Waals surface area contributed by atoms with Gasteiger partial charge < -0.3 is 11.1 Å². The molecule has 2 rings (SSSR count). The van der Waals surface area contributed by atoms with Crippen molar-refractivity contribution in [3.05, 3.63) is 36.0 Å². The molecule has 1 aromatic heterocycles. The highest BCUT2D eigenvalue weighted by Gasteiger charge is 2.08. The second kappa shape index (κ2) is 5.98. The minimum absolute atomic E-state index is 0.140. The van der Waals surface area contributed by atoms with Gasteiger partial charge >= 0.3 is 0 Å². The smallest absolute Gasteiger partial charge is 0.234 e. The maximum Gasteiger partial charge on any atom is 0.234 e. The Labute approximate surface area is 116 Å². The van der Waals surface area contributed by atoms with E-state index in [0.717, 1.165) is 16.3 Å². The number of thioether (sulfide) groups is 1. The van der Waals surface area contributed by atoms with Gasteiger partial charge in [-0.25, -0.2) is 13.8 Å². The number of nitrogens with zero attached hydrogens (tertiary/aromatic N) is 1. The molecule has 19 heavy (non-hydrogen) atoms. The largest absolute Gasteiger partial charge is 0.375 e. The molecule has 1 aromatic carbocycles. The summed E-state index contributed by atoms with van der Waals surface area (Å²) in [6.45, 7) is 0. The minimum Gasteiger partial charge on any atom is -0.375 e. The van der Waals surface area contributed by atoms with Gasteiger partial charge in [-0.3, -0.25) is 4.79 Å². The summed E-state index contributed by atoms with van der Waals surface area (Å²) in [6.07, 6.45) is 1.58. The summed E-state index contributed by atoms with van der Waals surface area (Å²) in [5, 5.41) is 2.91. The number of anilines is 2. The molecule has 0 aliphatic heterocycles. The van der Waals surface area contributed by atoms with Crippen molar-refractivity contribution in [1.82, 2.24) is 4.98 Å². The number of amides is 1. The van der Waals surface area contributed by atoms with Crippen LogP contribution in [0.2, 0.25) is 0 Å². The van der Waals surface area contributed by atoms with E-state index in [0.29, 0.717) is 5.13 Å². The number of nitrogens with one attached hydrogen (secondary N) is 1. The first-order valence-corrected chi connectivity index (χ1v) is 6.94. The molecule has 0 radical (unpaired) electrons. The molecule has 4 nitrogen and oxygen atoms in total. The number of aromatic nitrogens is 1. The lowest BCUT2D eigenvalue weighted by atomic mass is 10.3. The van der Waals surface area contributed by atoms with Crippen LogP contribution in [0.1, 0.15) is 0 Å². The van der Waals surface area contributed by atoms with Gasteiger partial charge in [0.25, 0.3) is 0 Å². The van der Waals surface area contributed by atoms with E-state index in [-0.39, 0.29) is 17.3 Å². The van der Waals surface area contributed by atoms with Crippen molar-refractivity contribution in [3.8, 4) is 0 Å². The summed E-state index contributed by atoms with van der Waals surface area (Å²) in [6, 6.07) is 3.19. The molecule has 0 aliphatic carbocycles. The van der Waals surface area contributed by atoms with Crippen molar-refractivity contribution in [2.45, 2.75) is 4.21 Å². The molecule has 8 heteroatoms. The standard InChI is InChI=1S/C11H9F2N3OS2/c12-7-2-1-6(3-8(7)13)16-9(17)5-18-10-4-15-11(14)19-10/h1-4H,5H2,(H2,14,15)(H,16,17). The summed E-state index contributed by atoms with van der Waals surface area (Å²) < 4.78 is 26.4. The average molecular weight is 301 g/mol. The molecule has 0 unspecified atom stereocenters. The van der Waals surface area contributed by atoms with Crippen LogP contribution in [0.15, 0.2) is 28.6 Å². The number of nitrogen functional groups attached to an aromatic ring is 1. The van der Waals surface area contributed by atoms with Crippen molar-refractivity contribution in [1.29, 1.82) is 0 Å². The fourth-order valence-electron chi connectivity index (χ4n) is 1.25. The number of benzene rings is 1. The van der Waals surface area contributed by atoms with Gasteiger partial charge in [0.2, 0.25) is 5.91 Å². The molecule has 0 saturated carbocycles. The third kappa shape index (κ3) is 3.90. The zero-order chi connectivity index (χ0) is 13.8. The van der Waals surface area contributed by atoms with Crippen molar-refractivity contribution >= 4 is 39.8 Å². The Balaban J connectivity index is 1.88. The number of carbonyl (C=O) groups is 1. The van der Waals surface area contributed by atoms with Crippen LogP contribution in [-0.2, 0) is 4.79 Å². The number of hydrogen-bond donors (Lipinski definition) is 2. The molecule has 2 aromatic rings. The van der Waals surface area contributed by atoms with Crippen molar-refractivity contribution in [2.75, 3.05) is 16.8 Å². The van der Waals surface area contributed by atoms with Crippen LogP contribution >= 0.6 is 23.1 Å². The van der Waals surface area contributed by atoms with Crippen molar-refractivity contribution in [3.63, 3.8) is 0 Å². The Hall–Kier alpha value is -1.67. The number of rotatable bonds is 4. The molecule has 0 bridgehead atoms. The lowest BCUT2D eigenvalue weighted by molar-refractivity contribution is -0.113. The Morgan fingerprint density at radius 1 is 1.42 bits per heavy atom. The van der Waals surface area contributed by atoms with Crippen LogP contribution in [0.4, 0.5) is 19.6 Å². The fourth-order valence-corrected chi connectivity index (χ4v) is 2.80. The number of halogens is 2. The summed E-state index contributed by atoms with van der Waals surface area (Å²) >= 11 is 2.55. The maximum absolute atomic E-state index is 12.9. The third-order valence-corrected chi connectivity index (χ3v) is 4.07. The molecule has 0 fully saturated rings. The molecule has 0 saturated heterocycles. The van der Waals surface area contributed by atoms with E-state index < -0.39 is 11.6 Å². The highest BCUT2D eigenvalue weighted by Crippen LogP contribution is 2.26. The summed E-state index contributed by atoms with van der Waals surface area (Å²) in [4.78, 5) is 15.4. The molecule has 1 heterocycles. The third-order valence-electron chi connectivity index (χ3n) is 2.05. The first kappa shape index (κ1) is 13.8. The zero-order valence-electron chi connectivity index (χ0n) is 9.52. The molecular weight excluding hydrogens is 292 g/mol. The molecule has 0 atom stereocenters. The van der Waals surface area contributed by atoms with E-state index in [1.54, 1.807) is 6.20 Å². The van der Waals surface area contributed by atoms with E-state index in [4.69, 9.17) is 5.73 Å². The fraction of sp³-hybridized carbons (Fsp3) is 0.0909. The predicted octanol–water partition coefficient (Wildman–Crippen LogP) is 2.73. The SMILES string of the molecule is Nc1ncc(SCC(=O)Nc2ccc(F)c(F)c2)s1. The second-order valence-electron chi connectivity index (χ2n) is 3.48. The first-order valence-electron chi connectivity index (χ1n) is 5.13. The molecule has 0 aliphatic rings. The number of nitrogens with two attached hydrogens (primary N) is 1. The monoisotopic (exact) mass is 301 g/mol. The minimum atomic E-state index is -0.999. The predicted molar refractivity (Wildman–Crippen MR) is 72.2 cm³/mol. The summed E-state index contributed by atoms with van der Waals surface area (Å²) in [5.41, 5.74) is 5.67. The summed E-state index contributed by atoms with van der Waals surface area (Å²) in [5.74, 6) is -2.13. The van der Waals surface area contributed by atoms with E-state index in [9.17, 15) is 13.6 Å². The van der Waals surface area contributed by atoms with E-state index in [1.807, 2.05) is 0 Å². The van der Waals surface area contributed by atoms with Gasteiger partial charge in [-0.2, -0.15) is 0 Å². The molecular formula is C11H9F2N3OS2. The van der Waals surface area contributed by atoms with Crippen LogP contribution in [0.25, 0.3) is 0 Å². The Morgan fingerprint density at radius 2 is 2.21 bits per heavy atom. The number of carbonyl (C=O) groups excluding carboxylic acids is 1. The average Bonchev–Trinajstić information content (AvgIpc) is 2.77. The van der Waals surface area contributed by atoms with E-state index in [2.05, 4.69) is 10.3 Å². The Morgan fingerprint density at radius 3 is 2.84 bits per heavy atom. The molecule has 0 spiro atoms. The molecule has 3 N–H and O–H groups in total. The molecule has 1 amide bonds. The van der Waals surface area contributed by atoms with Gasteiger partial charge in [0, 0.05) is 11.8 Å². The first-order chi connectivity index (χ1) is 9.04. The van der Waals surface area contributed by atoms with Crippen molar-refractivity contribution in [2.24, 2.45) is 0 Å². The van der Waals surface area contributed by atoms with Gasteiger partial charge in [0.05, 0.1) is 16.2 Å². The van der Waals surface area contributed by atoms with Gasteiger partial charge in [-0.1, -0.05) is 11.3 Å². The Kier molecular flexibility index (Phi) is 4.33. The van der Waals surface area contributed by atoms with Gasteiger partial charge in [0.1, 0.15) is 0 Å². The Bertz CT molecular complexity index is 603. The lowest BCUT2D eigenvalue weighted by Crippen LogP contribution is -2.14.